The van der Waals surface area contributed by atoms with E-state index in [2.05, 4.69) is 39.9 Å². The molecule has 0 bridgehead atoms. The molecule has 5 nitrogen and oxygen atoms in total. The quantitative estimate of drug-likeness (QED) is 0.808. The summed E-state index contributed by atoms with van der Waals surface area (Å²) in [5.41, 5.74) is 2.49. The number of aromatic nitrogens is 3. The summed E-state index contributed by atoms with van der Waals surface area (Å²) in [5.74, 6) is 1.35. The monoisotopic (exact) mass is 246 g/mol. The number of rotatable bonds is 5. The van der Waals surface area contributed by atoms with Crippen molar-refractivity contribution in [1.29, 1.82) is 0 Å². The molecule has 0 aliphatic heterocycles. The van der Waals surface area contributed by atoms with Gasteiger partial charge in [-0.25, -0.2) is 0 Å². The minimum Gasteiger partial charge on any atom is -0.338 e. The van der Waals surface area contributed by atoms with Crippen molar-refractivity contribution in [2.24, 2.45) is 0 Å². The molecule has 0 aliphatic rings. The van der Waals surface area contributed by atoms with Crippen molar-refractivity contribution in [3.05, 3.63) is 41.3 Å². The van der Waals surface area contributed by atoms with Crippen molar-refractivity contribution >= 4 is 0 Å². The van der Waals surface area contributed by atoms with Gasteiger partial charge in [-0.05, 0) is 37.6 Å². The molecule has 5 heteroatoms. The van der Waals surface area contributed by atoms with Crippen LogP contribution in [0.4, 0.5) is 0 Å². The Kier molecular flexibility index (Phi) is 4.04. The Morgan fingerprint density at radius 1 is 1.28 bits per heavy atom. The summed E-state index contributed by atoms with van der Waals surface area (Å²) >= 11 is 0. The third kappa shape index (κ3) is 3.13. The molecule has 0 saturated heterocycles. The van der Waals surface area contributed by atoms with E-state index in [0.29, 0.717) is 18.3 Å². The van der Waals surface area contributed by atoms with Crippen LogP contribution in [-0.4, -0.2) is 26.6 Å². The Morgan fingerprint density at radius 3 is 2.72 bits per heavy atom. The van der Waals surface area contributed by atoms with Gasteiger partial charge in [0.15, 0.2) is 5.82 Å². The maximum atomic E-state index is 5.15. The molecule has 0 fully saturated rings. The zero-order valence-electron chi connectivity index (χ0n) is 11.1. The van der Waals surface area contributed by atoms with E-state index in [1.165, 1.54) is 11.1 Å². The van der Waals surface area contributed by atoms with Crippen LogP contribution in [0.15, 0.2) is 23.0 Å². The first-order chi connectivity index (χ1) is 8.69. The lowest BCUT2D eigenvalue weighted by molar-refractivity contribution is 0.228. The minimum atomic E-state index is 0.668. The van der Waals surface area contributed by atoms with E-state index in [-0.39, 0.29) is 0 Å². The molecule has 0 radical (unpaired) electrons. The van der Waals surface area contributed by atoms with Crippen molar-refractivity contribution < 1.29 is 4.52 Å². The Morgan fingerprint density at radius 2 is 2.11 bits per heavy atom. The van der Waals surface area contributed by atoms with E-state index < -0.39 is 0 Å². The largest absolute Gasteiger partial charge is 0.338 e. The van der Waals surface area contributed by atoms with Crippen molar-refractivity contribution in [3.63, 3.8) is 0 Å². The number of hydrogen-bond acceptors (Lipinski definition) is 5. The van der Waals surface area contributed by atoms with E-state index in [9.17, 15) is 0 Å². The minimum absolute atomic E-state index is 0.668. The molecule has 2 aromatic rings. The fourth-order valence-electron chi connectivity index (χ4n) is 1.80. The van der Waals surface area contributed by atoms with E-state index in [4.69, 9.17) is 4.52 Å². The van der Waals surface area contributed by atoms with Crippen molar-refractivity contribution in [1.82, 2.24) is 20.0 Å². The van der Waals surface area contributed by atoms with Gasteiger partial charge in [-0.2, -0.15) is 4.98 Å². The molecule has 2 aromatic heterocycles. The Bertz CT molecular complexity index is 509. The molecule has 0 N–H and O–H groups in total. The third-order valence-corrected chi connectivity index (χ3v) is 2.91. The van der Waals surface area contributed by atoms with Crippen molar-refractivity contribution in [3.8, 4) is 0 Å². The maximum absolute atomic E-state index is 5.15. The number of aryl methyl sites for hydroxylation is 2. The summed E-state index contributed by atoms with van der Waals surface area (Å²) in [6.45, 7) is 8.51. The summed E-state index contributed by atoms with van der Waals surface area (Å²) in [5, 5.41) is 3.81. The highest BCUT2D eigenvalue weighted by molar-refractivity contribution is 5.21. The van der Waals surface area contributed by atoms with Crippen LogP contribution in [0, 0.1) is 13.8 Å². The first-order valence-corrected chi connectivity index (χ1v) is 6.10. The molecule has 0 amide bonds. The summed E-state index contributed by atoms with van der Waals surface area (Å²) in [6, 6.07) is 2.05. The lowest BCUT2D eigenvalue weighted by Crippen LogP contribution is -2.23. The predicted octanol–water partition coefficient (Wildman–Crippen LogP) is 2.10. The second-order valence-corrected chi connectivity index (χ2v) is 4.34. The molecule has 0 unspecified atom stereocenters. The molecule has 2 rings (SSSR count). The third-order valence-electron chi connectivity index (χ3n) is 2.91. The van der Waals surface area contributed by atoms with Crippen LogP contribution >= 0.6 is 0 Å². The number of hydrogen-bond donors (Lipinski definition) is 0. The lowest BCUT2D eigenvalue weighted by atomic mass is 10.1. The molecule has 0 aliphatic carbocycles. The highest BCUT2D eigenvalue weighted by Gasteiger charge is 2.10. The van der Waals surface area contributed by atoms with E-state index in [1.54, 1.807) is 0 Å². The van der Waals surface area contributed by atoms with Crippen molar-refractivity contribution in [2.75, 3.05) is 6.54 Å². The van der Waals surface area contributed by atoms with Gasteiger partial charge in [0.25, 0.3) is 0 Å². The summed E-state index contributed by atoms with van der Waals surface area (Å²) in [4.78, 5) is 10.6. The molecule has 2 heterocycles. The Labute approximate surface area is 107 Å². The fraction of sp³-hybridized carbons (Fsp3) is 0.462. The Balaban J connectivity index is 2.04. The molecular formula is C13H18N4O. The molecule has 0 aromatic carbocycles. The first kappa shape index (κ1) is 12.7. The zero-order chi connectivity index (χ0) is 13.0. The molecule has 18 heavy (non-hydrogen) atoms. The SMILES string of the molecule is CCN(Cc1nc(C)no1)Cc1ccncc1C. The van der Waals surface area contributed by atoms with E-state index in [1.807, 2.05) is 19.3 Å². The van der Waals surface area contributed by atoms with Gasteiger partial charge in [-0.15, -0.1) is 0 Å². The van der Waals surface area contributed by atoms with Gasteiger partial charge in [0.05, 0.1) is 6.54 Å². The van der Waals surface area contributed by atoms with E-state index >= 15 is 0 Å². The fourth-order valence-corrected chi connectivity index (χ4v) is 1.80. The van der Waals surface area contributed by atoms with Gasteiger partial charge in [-0.3, -0.25) is 9.88 Å². The Hall–Kier alpha value is -1.75. The molecule has 0 atom stereocenters. The van der Waals surface area contributed by atoms with Crippen LogP contribution in [-0.2, 0) is 13.1 Å². The van der Waals surface area contributed by atoms with Gasteiger partial charge in [0.1, 0.15) is 0 Å². The summed E-state index contributed by atoms with van der Waals surface area (Å²) in [7, 11) is 0. The highest BCUT2D eigenvalue weighted by atomic mass is 16.5. The second-order valence-electron chi connectivity index (χ2n) is 4.34. The van der Waals surface area contributed by atoms with E-state index in [0.717, 1.165) is 13.1 Å². The highest BCUT2D eigenvalue weighted by Crippen LogP contribution is 2.11. The van der Waals surface area contributed by atoms with Crippen LogP contribution in [0.1, 0.15) is 29.8 Å². The van der Waals surface area contributed by atoms with Gasteiger partial charge < -0.3 is 4.52 Å². The second kappa shape index (κ2) is 5.73. The summed E-state index contributed by atoms with van der Waals surface area (Å²) < 4.78 is 5.15. The smallest absolute Gasteiger partial charge is 0.240 e. The van der Waals surface area contributed by atoms with Crippen molar-refractivity contribution in [2.45, 2.75) is 33.9 Å². The molecule has 0 saturated carbocycles. The predicted molar refractivity (Wildman–Crippen MR) is 67.8 cm³/mol. The van der Waals surface area contributed by atoms with Crippen LogP contribution in [0.25, 0.3) is 0 Å². The molecule has 96 valence electrons. The average Bonchev–Trinajstić information content (AvgIpc) is 2.76. The lowest BCUT2D eigenvalue weighted by Gasteiger charge is -2.19. The van der Waals surface area contributed by atoms with Gasteiger partial charge in [0.2, 0.25) is 5.89 Å². The number of nitrogens with zero attached hydrogens (tertiary/aromatic N) is 4. The summed E-state index contributed by atoms with van der Waals surface area (Å²) in [6.07, 6.45) is 3.72. The van der Waals surface area contributed by atoms with Crippen LogP contribution in [0.2, 0.25) is 0 Å². The first-order valence-electron chi connectivity index (χ1n) is 6.10. The van der Waals surface area contributed by atoms with Crippen LogP contribution in [0.5, 0.6) is 0 Å². The molecule has 0 spiro atoms. The van der Waals surface area contributed by atoms with Crippen LogP contribution in [0.3, 0.4) is 0 Å². The average molecular weight is 246 g/mol. The standard InChI is InChI=1S/C13H18N4O/c1-4-17(9-13-15-11(3)16-18-13)8-12-5-6-14-7-10(12)2/h5-7H,4,8-9H2,1-3H3. The van der Waals surface area contributed by atoms with Gasteiger partial charge >= 0.3 is 0 Å². The van der Waals surface area contributed by atoms with Gasteiger partial charge in [-0.1, -0.05) is 12.1 Å². The molecular weight excluding hydrogens is 228 g/mol. The topological polar surface area (TPSA) is 55.1 Å². The zero-order valence-corrected chi connectivity index (χ0v) is 11.1. The van der Waals surface area contributed by atoms with Gasteiger partial charge in [0, 0.05) is 18.9 Å². The number of pyridine rings is 1. The van der Waals surface area contributed by atoms with Crippen LogP contribution < -0.4 is 0 Å². The maximum Gasteiger partial charge on any atom is 0.240 e. The normalized spacial score (nSPS) is 11.1.